The third-order valence-electron chi connectivity index (χ3n) is 0. The lowest BCUT2D eigenvalue weighted by molar-refractivity contribution is 0.482. The lowest BCUT2D eigenvalue weighted by atomic mass is 15.9. The molecule has 0 spiro atoms. The van der Waals surface area contributed by atoms with Gasteiger partial charge in [-0.05, 0) is 0 Å². The van der Waals surface area contributed by atoms with Crippen LogP contribution < -0.4 is 0 Å². The molecule has 0 atom stereocenters. The summed E-state index contributed by atoms with van der Waals surface area (Å²) in [6, 6.07) is 0. The van der Waals surface area contributed by atoms with Gasteiger partial charge in [-0.3, -0.25) is 0 Å². The van der Waals surface area contributed by atoms with Crippen molar-refractivity contribution in [2.45, 2.75) is 0 Å². The number of halogens is 1. The van der Waals surface area contributed by atoms with Crippen LogP contribution in [0.25, 0.3) is 0 Å². The molecule has 4 heavy (non-hydrogen) atoms. The maximum Gasteiger partial charge on any atom is 0.508 e. The third kappa shape index (κ3) is 43.6. The quantitative estimate of drug-likeness (QED) is 0.409. The molecule has 0 amide bonds. The highest BCUT2D eigenvalue weighted by molar-refractivity contribution is 7.24. The molecule has 4 heteroatoms. The van der Waals surface area contributed by atoms with E-state index in [1.807, 2.05) is 0 Å². The summed E-state index contributed by atoms with van der Waals surface area (Å²) < 4.78 is 26.7. The summed E-state index contributed by atoms with van der Waals surface area (Å²) in [5, 5.41) is 0. The second-order valence-electron chi connectivity index (χ2n) is 0.213. The van der Waals surface area contributed by atoms with E-state index in [4.69, 9.17) is 9.13 Å². The smallest absolute Gasteiger partial charge is 0.198 e. The Bertz CT molecular complexity index is 54.4. The first-order valence-electron chi connectivity index (χ1n) is 0.534. The Morgan fingerprint density at radius 2 is 1.50 bits per heavy atom. The number of rotatable bonds is 0. The van der Waals surface area contributed by atoms with Gasteiger partial charge in [-0.1, -0.05) is 0 Å². The number of hydrogen-bond donors (Lipinski definition) is 0. The first-order chi connectivity index (χ1) is 1.73. The standard InChI is InChI=1S/FO2P/c1-4(2)3. The Hall–Kier alpha value is -0.170. The Morgan fingerprint density at radius 1 is 1.50 bits per heavy atom. The highest BCUT2D eigenvalue weighted by Crippen LogP contribution is 1.98. The van der Waals surface area contributed by atoms with Crippen molar-refractivity contribution in [3.63, 3.8) is 0 Å². The van der Waals surface area contributed by atoms with E-state index >= 15 is 0 Å². The maximum atomic E-state index is 9.95. The van der Waals surface area contributed by atoms with E-state index in [1.54, 1.807) is 0 Å². The van der Waals surface area contributed by atoms with Gasteiger partial charge in [0.05, 0.1) is 0 Å². The molecule has 0 aromatic heterocycles. The predicted molar refractivity (Wildman–Crippen MR) is 9.40 cm³/mol. The van der Waals surface area contributed by atoms with Crippen molar-refractivity contribution in [1.29, 1.82) is 0 Å². The first-order valence-corrected chi connectivity index (χ1v) is 1.60. The maximum absolute atomic E-state index is 9.95. The molecule has 0 N–H and O–H groups in total. The van der Waals surface area contributed by atoms with Crippen LogP contribution in [0, 0.1) is 0 Å². The van der Waals surface area contributed by atoms with E-state index in [1.165, 1.54) is 0 Å². The average Bonchev–Trinajstić information content (AvgIpc) is 0.811. The van der Waals surface area contributed by atoms with E-state index in [-0.39, 0.29) is 0 Å². The highest BCUT2D eigenvalue weighted by atomic mass is 31.1. The zero-order chi connectivity index (χ0) is 3.58. The van der Waals surface area contributed by atoms with Gasteiger partial charge in [0.1, 0.15) is 0 Å². The first kappa shape index (κ1) is 3.83. The molecule has 0 aromatic carbocycles. The average molecular weight is 82.0 g/mol. The van der Waals surface area contributed by atoms with Crippen molar-refractivity contribution in [1.82, 2.24) is 0 Å². The summed E-state index contributed by atoms with van der Waals surface area (Å²) in [6.07, 6.45) is 0. The van der Waals surface area contributed by atoms with E-state index in [2.05, 4.69) is 0 Å². The molecule has 24 valence electrons. The van der Waals surface area contributed by atoms with Crippen LogP contribution >= 0.6 is 7.99 Å². The minimum Gasteiger partial charge on any atom is -0.198 e. The Kier molecular flexibility index (Phi) is 1.13. The van der Waals surface area contributed by atoms with Crippen LogP contribution in [-0.4, -0.2) is 0 Å². The van der Waals surface area contributed by atoms with Gasteiger partial charge in [0, 0.05) is 0 Å². The van der Waals surface area contributed by atoms with Gasteiger partial charge in [-0.25, -0.2) is 0 Å². The van der Waals surface area contributed by atoms with E-state index in [0.29, 0.717) is 0 Å². The minimum atomic E-state index is -3.62. The molecule has 0 fully saturated rings. The molecule has 0 saturated carbocycles. The second-order valence-corrected chi connectivity index (χ2v) is 0.638. The van der Waals surface area contributed by atoms with Crippen molar-refractivity contribution >= 4 is 7.99 Å². The van der Waals surface area contributed by atoms with Gasteiger partial charge >= 0.3 is 7.99 Å². The summed E-state index contributed by atoms with van der Waals surface area (Å²) in [6.45, 7) is 0. The molecule has 0 heterocycles. The molecule has 0 saturated heterocycles. The predicted octanol–water partition coefficient (Wildman–Crippen LogP) is 1.04. The molecule has 0 unspecified atom stereocenters. The van der Waals surface area contributed by atoms with Gasteiger partial charge in [0.25, 0.3) is 0 Å². The summed E-state index contributed by atoms with van der Waals surface area (Å²) in [5.74, 6) is 0. The van der Waals surface area contributed by atoms with Gasteiger partial charge < -0.3 is 0 Å². The second kappa shape index (κ2) is 1.18. The van der Waals surface area contributed by atoms with Crippen LogP contribution in [0.5, 0.6) is 0 Å². The summed E-state index contributed by atoms with van der Waals surface area (Å²) in [5.41, 5.74) is 0. The van der Waals surface area contributed by atoms with E-state index in [9.17, 15) is 4.20 Å². The fourth-order valence-corrected chi connectivity index (χ4v) is 0. The van der Waals surface area contributed by atoms with Gasteiger partial charge in [0.2, 0.25) is 0 Å². The summed E-state index contributed by atoms with van der Waals surface area (Å²) >= 11 is 0. The van der Waals surface area contributed by atoms with Crippen molar-refractivity contribution in [2.75, 3.05) is 0 Å². The molecular formula is FO2P. The van der Waals surface area contributed by atoms with Crippen molar-refractivity contribution in [2.24, 2.45) is 0 Å². The fraction of sp³-hybridized carbons (Fsp3) is 0. The van der Waals surface area contributed by atoms with Crippen LogP contribution in [0.4, 0.5) is 4.20 Å². The zero-order valence-corrected chi connectivity index (χ0v) is 2.54. The van der Waals surface area contributed by atoms with Crippen molar-refractivity contribution in [3.05, 3.63) is 0 Å². The minimum absolute atomic E-state index is 3.62. The number of hydrogen-bond acceptors (Lipinski definition) is 2. The molecule has 0 aromatic rings. The lowest BCUT2D eigenvalue weighted by Crippen LogP contribution is -0.991. The van der Waals surface area contributed by atoms with Gasteiger partial charge in [0.15, 0.2) is 0 Å². The Balaban J connectivity index is 3.51. The van der Waals surface area contributed by atoms with E-state index < -0.39 is 7.99 Å². The molecule has 0 aliphatic carbocycles. The molecule has 0 aliphatic rings. The summed E-state index contributed by atoms with van der Waals surface area (Å²) in [4.78, 5) is 0. The van der Waals surface area contributed by atoms with Crippen molar-refractivity contribution in [3.8, 4) is 0 Å². The fourth-order valence-electron chi connectivity index (χ4n) is 0. The molecule has 0 radical (unpaired) electrons. The Morgan fingerprint density at radius 3 is 1.50 bits per heavy atom. The largest absolute Gasteiger partial charge is 0.508 e. The molecule has 0 rings (SSSR count). The lowest BCUT2D eigenvalue weighted by Gasteiger charge is -1.28. The molecule has 2 nitrogen and oxygen atoms in total. The SMILES string of the molecule is O=P(=O)F. The monoisotopic (exact) mass is 82.0 g/mol. The molecule has 0 bridgehead atoms. The summed E-state index contributed by atoms with van der Waals surface area (Å²) in [7, 11) is -3.62. The molecule has 0 aliphatic heterocycles. The third-order valence-corrected chi connectivity index (χ3v) is 0. The Labute approximate surface area is 22.6 Å². The zero-order valence-electron chi connectivity index (χ0n) is 1.64. The van der Waals surface area contributed by atoms with Crippen LogP contribution in [0.15, 0.2) is 0 Å². The van der Waals surface area contributed by atoms with Crippen LogP contribution in [-0.2, 0) is 9.13 Å². The van der Waals surface area contributed by atoms with Gasteiger partial charge in [-0.2, -0.15) is 9.13 Å². The van der Waals surface area contributed by atoms with Crippen LogP contribution in [0.2, 0.25) is 0 Å². The van der Waals surface area contributed by atoms with Crippen LogP contribution in [0.1, 0.15) is 0 Å². The topological polar surface area (TPSA) is 34.1 Å². The highest BCUT2D eigenvalue weighted by Gasteiger charge is 1.63. The molecular weight excluding hydrogens is 82.0 g/mol. The van der Waals surface area contributed by atoms with Gasteiger partial charge in [-0.15, -0.1) is 4.20 Å². The van der Waals surface area contributed by atoms with Crippen molar-refractivity contribution < 1.29 is 13.3 Å². The normalized spacial score (nSPS) is 6.25. The van der Waals surface area contributed by atoms with Crippen LogP contribution in [0.3, 0.4) is 0 Å². The van der Waals surface area contributed by atoms with E-state index in [0.717, 1.165) is 0 Å².